The molecule has 0 aromatic carbocycles. The maximum Gasteiger partial charge on any atom is 0.273 e. The summed E-state index contributed by atoms with van der Waals surface area (Å²) < 4.78 is 5.94. The highest BCUT2D eigenvalue weighted by atomic mass is 16.5. The van der Waals surface area contributed by atoms with Gasteiger partial charge in [0.2, 0.25) is 11.8 Å². The Balaban J connectivity index is 1.56. The van der Waals surface area contributed by atoms with Crippen molar-refractivity contribution in [3.63, 3.8) is 0 Å². The lowest BCUT2D eigenvalue weighted by Gasteiger charge is -2.33. The van der Waals surface area contributed by atoms with Crippen LogP contribution in [0.1, 0.15) is 66.9 Å². The Morgan fingerprint density at radius 3 is 2.64 bits per heavy atom. The first kappa shape index (κ1) is 16.4. The SMILES string of the molecule is NC(=O)[C@H]1CCCCN1C(=O)c1ccc(C2CC2)c(OCC2CC2)n1. The fourth-order valence-corrected chi connectivity index (χ4v) is 3.49. The molecule has 0 spiro atoms. The molecule has 6 nitrogen and oxygen atoms in total. The van der Waals surface area contributed by atoms with Crippen molar-refractivity contribution in [2.24, 2.45) is 11.7 Å². The minimum absolute atomic E-state index is 0.220. The quantitative estimate of drug-likeness (QED) is 0.858. The summed E-state index contributed by atoms with van der Waals surface area (Å²) in [5.41, 5.74) is 6.95. The Hall–Kier alpha value is -2.11. The normalized spacial score (nSPS) is 23.4. The smallest absolute Gasteiger partial charge is 0.273 e. The molecule has 2 aliphatic carbocycles. The van der Waals surface area contributed by atoms with Gasteiger partial charge in [-0.2, -0.15) is 0 Å². The third-order valence-electron chi connectivity index (χ3n) is 5.37. The maximum absolute atomic E-state index is 12.9. The number of primary amides is 1. The summed E-state index contributed by atoms with van der Waals surface area (Å²) in [7, 11) is 0. The zero-order valence-corrected chi connectivity index (χ0v) is 14.4. The number of nitrogens with zero attached hydrogens (tertiary/aromatic N) is 2. The van der Waals surface area contributed by atoms with E-state index >= 15 is 0 Å². The number of rotatable bonds is 6. The zero-order valence-electron chi connectivity index (χ0n) is 14.4. The van der Waals surface area contributed by atoms with Gasteiger partial charge < -0.3 is 15.4 Å². The van der Waals surface area contributed by atoms with Gasteiger partial charge in [0.25, 0.3) is 5.91 Å². The van der Waals surface area contributed by atoms with Crippen molar-refractivity contribution in [1.82, 2.24) is 9.88 Å². The minimum atomic E-state index is -0.526. The highest BCUT2D eigenvalue weighted by molar-refractivity contribution is 5.96. The van der Waals surface area contributed by atoms with Crippen LogP contribution in [-0.4, -0.2) is 40.9 Å². The van der Waals surface area contributed by atoms with Crippen LogP contribution in [-0.2, 0) is 4.79 Å². The zero-order chi connectivity index (χ0) is 17.4. The average Bonchev–Trinajstić information content (AvgIpc) is 3.53. The number of ether oxygens (including phenoxy) is 1. The van der Waals surface area contributed by atoms with E-state index in [1.165, 1.54) is 12.8 Å². The number of hydrogen-bond acceptors (Lipinski definition) is 4. The lowest BCUT2D eigenvalue weighted by atomic mass is 10.0. The number of nitrogens with two attached hydrogens (primary N) is 1. The summed E-state index contributed by atoms with van der Waals surface area (Å²) in [5.74, 6) is 1.09. The van der Waals surface area contributed by atoms with E-state index in [0.29, 0.717) is 43.0 Å². The monoisotopic (exact) mass is 343 g/mol. The third kappa shape index (κ3) is 3.62. The molecule has 6 heteroatoms. The van der Waals surface area contributed by atoms with E-state index in [9.17, 15) is 9.59 Å². The number of carbonyl (C=O) groups excluding carboxylic acids is 2. The van der Waals surface area contributed by atoms with Crippen LogP contribution in [0.4, 0.5) is 0 Å². The van der Waals surface area contributed by atoms with E-state index < -0.39 is 11.9 Å². The molecule has 2 N–H and O–H groups in total. The van der Waals surface area contributed by atoms with Gasteiger partial charge in [0.05, 0.1) is 6.61 Å². The molecule has 0 unspecified atom stereocenters. The number of likely N-dealkylation sites (tertiary alicyclic amines) is 1. The van der Waals surface area contributed by atoms with Gasteiger partial charge in [0, 0.05) is 12.1 Å². The van der Waals surface area contributed by atoms with Crippen LogP contribution in [0.2, 0.25) is 0 Å². The summed E-state index contributed by atoms with van der Waals surface area (Å²) in [5, 5.41) is 0. The Labute approximate surface area is 147 Å². The molecule has 1 aromatic heterocycles. The van der Waals surface area contributed by atoms with Crippen LogP contribution in [0.3, 0.4) is 0 Å². The van der Waals surface area contributed by atoms with Crippen LogP contribution < -0.4 is 10.5 Å². The van der Waals surface area contributed by atoms with Crippen molar-refractivity contribution in [2.45, 2.75) is 56.9 Å². The second-order valence-electron chi connectivity index (χ2n) is 7.53. The van der Waals surface area contributed by atoms with Gasteiger partial charge in [0.1, 0.15) is 11.7 Å². The van der Waals surface area contributed by atoms with Crippen molar-refractivity contribution in [1.29, 1.82) is 0 Å². The summed E-state index contributed by atoms with van der Waals surface area (Å²) >= 11 is 0. The van der Waals surface area contributed by atoms with Gasteiger partial charge in [-0.05, 0) is 62.8 Å². The molecule has 3 aliphatic rings. The Morgan fingerprint density at radius 1 is 1.16 bits per heavy atom. The van der Waals surface area contributed by atoms with Crippen LogP contribution in [0, 0.1) is 5.92 Å². The molecule has 4 rings (SSSR count). The highest BCUT2D eigenvalue weighted by Crippen LogP contribution is 2.44. The number of carbonyl (C=O) groups is 2. The molecule has 0 bridgehead atoms. The van der Waals surface area contributed by atoms with E-state index in [-0.39, 0.29) is 5.91 Å². The van der Waals surface area contributed by atoms with E-state index in [1.807, 2.05) is 6.07 Å². The molecule has 1 saturated heterocycles. The fraction of sp³-hybridized carbons (Fsp3) is 0.632. The van der Waals surface area contributed by atoms with Crippen LogP contribution in [0.25, 0.3) is 0 Å². The van der Waals surface area contributed by atoms with Crippen LogP contribution >= 0.6 is 0 Å². The van der Waals surface area contributed by atoms with Gasteiger partial charge in [-0.3, -0.25) is 9.59 Å². The predicted octanol–water partition coefficient (Wildman–Crippen LogP) is 2.23. The molecule has 1 aliphatic heterocycles. The number of aromatic nitrogens is 1. The molecule has 134 valence electrons. The molecule has 2 amide bonds. The fourth-order valence-electron chi connectivity index (χ4n) is 3.49. The largest absolute Gasteiger partial charge is 0.477 e. The molecule has 3 fully saturated rings. The Kier molecular flexibility index (Phi) is 4.36. The third-order valence-corrected chi connectivity index (χ3v) is 5.37. The summed E-state index contributed by atoms with van der Waals surface area (Å²) in [4.78, 5) is 30.7. The standard InChI is InChI=1S/C19H25N3O3/c20-17(23)16-3-1-2-10-22(16)19(24)15-9-8-14(13-6-7-13)18(21-15)25-11-12-4-5-12/h8-9,12-13,16H,1-7,10-11H2,(H2,20,23)/t16-/m1/s1. The first-order chi connectivity index (χ1) is 12.1. The minimum Gasteiger partial charge on any atom is -0.477 e. The molecular formula is C19H25N3O3. The Morgan fingerprint density at radius 2 is 1.96 bits per heavy atom. The van der Waals surface area contributed by atoms with Crippen molar-refractivity contribution >= 4 is 11.8 Å². The van der Waals surface area contributed by atoms with Crippen molar-refractivity contribution in [3.05, 3.63) is 23.4 Å². The molecule has 1 atom stereocenters. The van der Waals surface area contributed by atoms with Crippen molar-refractivity contribution < 1.29 is 14.3 Å². The first-order valence-electron chi connectivity index (χ1n) is 9.37. The molecular weight excluding hydrogens is 318 g/mol. The van der Waals surface area contributed by atoms with Crippen LogP contribution in [0.15, 0.2) is 12.1 Å². The lowest BCUT2D eigenvalue weighted by Crippen LogP contribution is -2.50. The summed E-state index contributed by atoms with van der Waals surface area (Å²) in [6, 6.07) is 3.22. The topological polar surface area (TPSA) is 85.5 Å². The number of piperidine rings is 1. The Bertz CT molecular complexity index is 682. The van der Waals surface area contributed by atoms with E-state index in [0.717, 1.165) is 31.2 Å². The van der Waals surface area contributed by atoms with Crippen molar-refractivity contribution in [3.8, 4) is 5.88 Å². The number of pyridine rings is 1. The van der Waals surface area contributed by atoms with Gasteiger partial charge >= 0.3 is 0 Å². The van der Waals surface area contributed by atoms with Gasteiger partial charge in [-0.1, -0.05) is 6.07 Å². The summed E-state index contributed by atoms with van der Waals surface area (Å²) in [6.07, 6.45) is 7.18. The second kappa shape index (κ2) is 6.65. The first-order valence-corrected chi connectivity index (χ1v) is 9.37. The highest BCUT2D eigenvalue weighted by Gasteiger charge is 2.34. The lowest BCUT2D eigenvalue weighted by molar-refractivity contribution is -0.123. The summed E-state index contributed by atoms with van der Waals surface area (Å²) in [6.45, 7) is 1.23. The average molecular weight is 343 g/mol. The maximum atomic E-state index is 12.9. The van der Waals surface area contributed by atoms with Crippen LogP contribution in [0.5, 0.6) is 5.88 Å². The molecule has 25 heavy (non-hydrogen) atoms. The molecule has 2 heterocycles. The molecule has 2 saturated carbocycles. The van der Waals surface area contributed by atoms with Crippen molar-refractivity contribution in [2.75, 3.05) is 13.2 Å². The van der Waals surface area contributed by atoms with E-state index in [2.05, 4.69) is 4.98 Å². The van der Waals surface area contributed by atoms with E-state index in [1.54, 1.807) is 11.0 Å². The predicted molar refractivity (Wildman–Crippen MR) is 92.3 cm³/mol. The number of amides is 2. The second-order valence-corrected chi connectivity index (χ2v) is 7.53. The number of hydrogen-bond donors (Lipinski definition) is 1. The molecule has 0 radical (unpaired) electrons. The van der Waals surface area contributed by atoms with Gasteiger partial charge in [-0.15, -0.1) is 0 Å². The van der Waals surface area contributed by atoms with Gasteiger partial charge in [-0.25, -0.2) is 4.98 Å². The van der Waals surface area contributed by atoms with Gasteiger partial charge in [0.15, 0.2) is 0 Å². The van der Waals surface area contributed by atoms with E-state index in [4.69, 9.17) is 10.5 Å². The molecule has 1 aromatic rings.